The van der Waals surface area contributed by atoms with Crippen LogP contribution in [-0.2, 0) is 0 Å². The van der Waals surface area contributed by atoms with Crippen molar-refractivity contribution in [3.8, 4) is 0 Å². The highest BCUT2D eigenvalue weighted by Gasteiger charge is 2.72. The highest BCUT2D eigenvalue weighted by Crippen LogP contribution is 2.50. The summed E-state index contributed by atoms with van der Waals surface area (Å²) in [6.07, 6.45) is 3.92. The van der Waals surface area contributed by atoms with Crippen molar-refractivity contribution in [2.75, 3.05) is 0 Å². The van der Waals surface area contributed by atoms with Crippen molar-refractivity contribution in [2.24, 2.45) is 23.7 Å². The molecule has 28 heavy (non-hydrogen) atoms. The molecule has 0 aliphatic heterocycles. The van der Waals surface area contributed by atoms with E-state index in [1.807, 2.05) is 0 Å². The van der Waals surface area contributed by atoms with Gasteiger partial charge in [0.2, 0.25) is 0 Å². The minimum Gasteiger partial charge on any atom is -0.200 e. The number of halogens is 7. The summed E-state index contributed by atoms with van der Waals surface area (Å²) in [6, 6.07) is 0. The Bertz CT molecular complexity index is 456. The molecule has 0 nitrogen and oxygen atoms in total. The molecule has 166 valence electrons. The van der Waals surface area contributed by atoms with E-state index >= 15 is 0 Å². The lowest BCUT2D eigenvalue weighted by molar-refractivity contribution is -0.356. The van der Waals surface area contributed by atoms with Crippen LogP contribution in [0.2, 0.25) is 0 Å². The van der Waals surface area contributed by atoms with E-state index in [9.17, 15) is 30.7 Å². The smallest absolute Gasteiger partial charge is 0.200 e. The van der Waals surface area contributed by atoms with E-state index in [4.69, 9.17) is 0 Å². The zero-order valence-corrected chi connectivity index (χ0v) is 16.6. The molecule has 0 heterocycles. The first-order valence-corrected chi connectivity index (χ1v) is 10.8. The summed E-state index contributed by atoms with van der Waals surface area (Å²) in [5, 5.41) is 0. The average molecular weight is 418 g/mol. The van der Waals surface area contributed by atoms with Crippen LogP contribution < -0.4 is 0 Å². The summed E-state index contributed by atoms with van der Waals surface area (Å²) in [5.74, 6) is -9.14. The molecule has 7 heteroatoms. The highest BCUT2D eigenvalue weighted by molar-refractivity contribution is 4.92. The molecule has 0 saturated heterocycles. The summed E-state index contributed by atoms with van der Waals surface area (Å²) >= 11 is 0. The number of alkyl halides is 7. The Morgan fingerprint density at radius 2 is 1.07 bits per heavy atom. The third-order valence-electron chi connectivity index (χ3n) is 7.10. The number of rotatable bonds is 8. The van der Waals surface area contributed by atoms with Crippen molar-refractivity contribution in [3.63, 3.8) is 0 Å². The molecule has 0 atom stereocenters. The SMILES string of the molecule is CCCC[C@H]1CC[C@H]([C@H]2CC[C@H](CCC(F)(F)C(F)(F)C(F)(F)F)CC2)CC1. The molecule has 0 amide bonds. The Hall–Kier alpha value is -0.490. The molecular formula is C21H33F7. The van der Waals surface area contributed by atoms with E-state index in [1.54, 1.807) is 0 Å². The number of unbranched alkanes of at least 4 members (excludes halogenated alkanes) is 1. The first-order chi connectivity index (χ1) is 13.0. The summed E-state index contributed by atoms with van der Waals surface area (Å²) in [5.41, 5.74) is 0. The Labute approximate surface area is 163 Å². The molecule has 2 aliphatic carbocycles. The molecule has 0 aromatic rings. The zero-order chi connectivity index (χ0) is 21.0. The molecule has 0 aromatic heterocycles. The molecule has 0 N–H and O–H groups in total. The van der Waals surface area contributed by atoms with Gasteiger partial charge in [-0.1, -0.05) is 51.9 Å². The molecular weight excluding hydrogens is 385 g/mol. The van der Waals surface area contributed by atoms with Gasteiger partial charge < -0.3 is 0 Å². The van der Waals surface area contributed by atoms with Crippen LogP contribution in [0.15, 0.2) is 0 Å². The van der Waals surface area contributed by atoms with Gasteiger partial charge in [-0.25, -0.2) is 0 Å². The first kappa shape index (κ1) is 23.8. The summed E-state index contributed by atoms with van der Waals surface area (Å²) in [7, 11) is 0. The predicted octanol–water partition coefficient (Wildman–Crippen LogP) is 8.40. The van der Waals surface area contributed by atoms with Gasteiger partial charge >= 0.3 is 18.0 Å². The molecule has 0 aromatic carbocycles. The summed E-state index contributed by atoms with van der Waals surface area (Å²) in [4.78, 5) is 0. The fraction of sp³-hybridized carbons (Fsp3) is 1.00. The normalized spacial score (nSPS) is 30.4. The molecule has 0 unspecified atom stereocenters. The summed E-state index contributed by atoms with van der Waals surface area (Å²) in [6.45, 7) is 2.20. The van der Waals surface area contributed by atoms with E-state index < -0.39 is 24.4 Å². The molecule has 2 saturated carbocycles. The van der Waals surface area contributed by atoms with Crippen LogP contribution in [0.25, 0.3) is 0 Å². The lowest BCUT2D eigenvalue weighted by atomic mass is 9.68. The van der Waals surface area contributed by atoms with Gasteiger partial charge in [-0.2, -0.15) is 30.7 Å². The van der Waals surface area contributed by atoms with Crippen LogP contribution in [0.1, 0.15) is 90.4 Å². The van der Waals surface area contributed by atoms with Gasteiger partial charge in [0.25, 0.3) is 0 Å². The zero-order valence-electron chi connectivity index (χ0n) is 16.6. The van der Waals surface area contributed by atoms with Gasteiger partial charge in [-0.05, 0) is 55.8 Å². The van der Waals surface area contributed by atoms with Crippen molar-refractivity contribution in [2.45, 2.75) is 108 Å². The monoisotopic (exact) mass is 418 g/mol. The van der Waals surface area contributed by atoms with E-state index in [2.05, 4.69) is 6.92 Å². The molecule has 0 spiro atoms. The molecule has 2 rings (SSSR count). The third kappa shape index (κ3) is 5.78. The Kier molecular flexibility index (Phi) is 8.11. The molecule has 2 fully saturated rings. The van der Waals surface area contributed by atoms with E-state index in [1.165, 1.54) is 44.9 Å². The van der Waals surface area contributed by atoms with Gasteiger partial charge in [-0.15, -0.1) is 0 Å². The molecule has 2 aliphatic rings. The van der Waals surface area contributed by atoms with Crippen molar-refractivity contribution in [1.82, 2.24) is 0 Å². The fourth-order valence-corrected chi connectivity index (χ4v) is 5.14. The van der Waals surface area contributed by atoms with E-state index in [0.717, 1.165) is 18.8 Å². The standard InChI is InChI=1S/C21H33F7/c1-2-3-4-15-5-9-17(10-6-15)18-11-7-16(8-12-18)13-14-19(22,23)20(24,25)21(26,27)28/h15-18H,2-14H2,1H3/t15-,16-,17-,18-. The maximum Gasteiger partial charge on any atom is 0.459 e. The minimum absolute atomic E-state index is 0.174. The average Bonchev–Trinajstić information content (AvgIpc) is 2.64. The minimum atomic E-state index is -6.22. The van der Waals surface area contributed by atoms with Gasteiger partial charge in [-0.3, -0.25) is 0 Å². The van der Waals surface area contributed by atoms with Crippen LogP contribution in [-0.4, -0.2) is 18.0 Å². The maximum atomic E-state index is 13.5. The predicted molar refractivity (Wildman–Crippen MR) is 95.6 cm³/mol. The summed E-state index contributed by atoms with van der Waals surface area (Å²) < 4.78 is 89.6. The van der Waals surface area contributed by atoms with Gasteiger partial charge in [0.1, 0.15) is 0 Å². The van der Waals surface area contributed by atoms with Crippen molar-refractivity contribution in [3.05, 3.63) is 0 Å². The number of hydrogen-bond donors (Lipinski definition) is 0. The maximum absolute atomic E-state index is 13.5. The second kappa shape index (κ2) is 9.55. The van der Waals surface area contributed by atoms with E-state index in [0.29, 0.717) is 24.7 Å². The lowest BCUT2D eigenvalue weighted by Crippen LogP contribution is -2.52. The van der Waals surface area contributed by atoms with Crippen LogP contribution in [0.3, 0.4) is 0 Å². The van der Waals surface area contributed by atoms with Crippen LogP contribution >= 0.6 is 0 Å². The van der Waals surface area contributed by atoms with Crippen molar-refractivity contribution >= 4 is 0 Å². The van der Waals surface area contributed by atoms with Crippen molar-refractivity contribution < 1.29 is 30.7 Å². The van der Waals surface area contributed by atoms with Crippen LogP contribution in [0, 0.1) is 23.7 Å². The van der Waals surface area contributed by atoms with E-state index in [-0.39, 0.29) is 12.3 Å². The second-order valence-electron chi connectivity index (χ2n) is 9.02. The second-order valence-corrected chi connectivity index (χ2v) is 9.02. The van der Waals surface area contributed by atoms with Gasteiger partial charge in [0.15, 0.2) is 0 Å². The largest absolute Gasteiger partial charge is 0.459 e. The molecule has 0 radical (unpaired) electrons. The topological polar surface area (TPSA) is 0 Å². The highest BCUT2D eigenvalue weighted by atomic mass is 19.4. The quantitative estimate of drug-likeness (QED) is 0.347. The Morgan fingerprint density at radius 3 is 1.46 bits per heavy atom. The first-order valence-electron chi connectivity index (χ1n) is 10.8. The van der Waals surface area contributed by atoms with Crippen molar-refractivity contribution in [1.29, 1.82) is 0 Å². The molecule has 0 bridgehead atoms. The number of hydrogen-bond acceptors (Lipinski definition) is 0. The fourth-order valence-electron chi connectivity index (χ4n) is 5.14. The van der Waals surface area contributed by atoms with Gasteiger partial charge in [0, 0.05) is 6.42 Å². The Morgan fingerprint density at radius 1 is 0.643 bits per heavy atom. The third-order valence-corrected chi connectivity index (χ3v) is 7.10. The lowest BCUT2D eigenvalue weighted by Gasteiger charge is -2.38. The van der Waals surface area contributed by atoms with Gasteiger partial charge in [0.05, 0.1) is 0 Å². The van der Waals surface area contributed by atoms with Crippen LogP contribution in [0.5, 0.6) is 0 Å². The van der Waals surface area contributed by atoms with Crippen LogP contribution in [0.4, 0.5) is 30.7 Å². The Balaban J connectivity index is 1.73.